The molecule has 6 atom stereocenters. The van der Waals surface area contributed by atoms with E-state index in [2.05, 4.69) is 0 Å². The van der Waals surface area contributed by atoms with Crippen molar-refractivity contribution in [3.63, 3.8) is 0 Å². The monoisotopic (exact) mass is 421 g/mol. The van der Waals surface area contributed by atoms with Crippen LogP contribution in [-0.4, -0.2) is 82.8 Å². The molecule has 2 rings (SSSR count). The molecule has 28 heavy (non-hydrogen) atoms. The lowest BCUT2D eigenvalue weighted by Crippen LogP contribution is -2.65. The van der Waals surface area contributed by atoms with Gasteiger partial charge in [0.05, 0.1) is 23.6 Å². The van der Waals surface area contributed by atoms with Gasteiger partial charge in [0.2, 0.25) is 0 Å². The van der Waals surface area contributed by atoms with Crippen LogP contribution in [0.5, 0.6) is 0 Å². The molecule has 0 aliphatic carbocycles. The van der Waals surface area contributed by atoms with Gasteiger partial charge in [-0.1, -0.05) is 17.7 Å². The minimum Gasteiger partial charge on any atom is -0.477 e. The van der Waals surface area contributed by atoms with Crippen molar-refractivity contribution >= 4 is 16.1 Å². The number of hydrogen-bond acceptors (Lipinski definition) is 10. The Balaban J connectivity index is 2.07. The third-order valence-corrected chi connectivity index (χ3v) is 5.71. The minimum atomic E-state index is -4.23. The van der Waals surface area contributed by atoms with Crippen molar-refractivity contribution in [1.82, 2.24) is 0 Å². The van der Waals surface area contributed by atoms with Crippen LogP contribution in [0.2, 0.25) is 0 Å². The first kappa shape index (κ1) is 22.6. The van der Waals surface area contributed by atoms with Crippen LogP contribution in [0.3, 0.4) is 0 Å². The summed E-state index contributed by atoms with van der Waals surface area (Å²) in [4.78, 5) is 11.0. The Kier molecular flexibility index (Phi) is 6.78. The number of carboxylic acids is 1. The fourth-order valence-corrected chi connectivity index (χ4v) is 3.60. The highest BCUT2D eigenvalue weighted by atomic mass is 32.2. The second-order valence-electron chi connectivity index (χ2n) is 6.63. The van der Waals surface area contributed by atoms with Crippen molar-refractivity contribution in [2.24, 2.45) is 5.73 Å². The first-order valence-corrected chi connectivity index (χ1v) is 9.67. The molecule has 11 nitrogen and oxygen atoms in total. The van der Waals surface area contributed by atoms with Crippen LogP contribution in [-0.2, 0) is 23.8 Å². The maximum atomic E-state index is 12.1. The highest BCUT2D eigenvalue weighted by Gasteiger charge is 2.52. The summed E-state index contributed by atoms with van der Waals surface area (Å²) in [6.07, 6.45) is -7.84. The smallest absolute Gasteiger partial charge is 0.364 e. The van der Waals surface area contributed by atoms with Gasteiger partial charge in [-0.3, -0.25) is 4.18 Å². The lowest BCUT2D eigenvalue weighted by atomic mass is 9.89. The first-order chi connectivity index (χ1) is 12.9. The number of benzene rings is 1. The number of rotatable bonds is 7. The molecule has 1 heterocycles. The number of aliphatic carboxylic acids is 1. The van der Waals surface area contributed by atoms with Gasteiger partial charge in [0, 0.05) is 6.42 Å². The quantitative estimate of drug-likeness (QED) is 0.258. The van der Waals surface area contributed by atoms with E-state index in [0.717, 1.165) is 5.56 Å². The molecule has 1 aromatic carbocycles. The van der Waals surface area contributed by atoms with E-state index in [1.165, 1.54) is 12.1 Å². The van der Waals surface area contributed by atoms with Crippen molar-refractivity contribution in [3.05, 3.63) is 29.8 Å². The van der Waals surface area contributed by atoms with Crippen molar-refractivity contribution in [3.8, 4) is 0 Å². The van der Waals surface area contributed by atoms with Gasteiger partial charge in [-0.15, -0.1) is 0 Å². The molecule has 0 spiro atoms. The topological polar surface area (TPSA) is 197 Å². The Bertz CT molecular complexity index is 798. The Hall–Kier alpha value is -1.64. The molecule has 7 N–H and O–H groups in total. The largest absolute Gasteiger partial charge is 0.477 e. The molecule has 0 radical (unpaired) electrons. The van der Waals surface area contributed by atoms with Gasteiger partial charge in [-0.25, -0.2) is 4.79 Å². The van der Waals surface area contributed by atoms with Crippen LogP contribution in [0.1, 0.15) is 12.0 Å². The van der Waals surface area contributed by atoms with E-state index in [1.807, 2.05) is 0 Å². The summed E-state index contributed by atoms with van der Waals surface area (Å²) in [5.41, 5.74) is 6.48. The molecule has 1 fully saturated rings. The van der Waals surface area contributed by atoms with Gasteiger partial charge in [0.25, 0.3) is 15.9 Å². The average Bonchev–Trinajstić information content (AvgIpc) is 2.62. The minimum absolute atomic E-state index is 0.166. The van der Waals surface area contributed by atoms with Crippen molar-refractivity contribution in [2.45, 2.75) is 54.5 Å². The predicted octanol–water partition coefficient (Wildman–Crippen LogP) is -2.33. The number of carboxylic acid groups (broad SMARTS) is 1. The summed E-state index contributed by atoms with van der Waals surface area (Å²) in [7, 11) is -4.23. The lowest BCUT2D eigenvalue weighted by Gasteiger charge is -2.43. The lowest BCUT2D eigenvalue weighted by molar-refractivity contribution is -0.292. The maximum Gasteiger partial charge on any atom is 0.364 e. The van der Waals surface area contributed by atoms with Gasteiger partial charge >= 0.3 is 5.97 Å². The van der Waals surface area contributed by atoms with Crippen LogP contribution >= 0.6 is 0 Å². The molecule has 1 aromatic rings. The Labute approximate surface area is 161 Å². The first-order valence-electron chi connectivity index (χ1n) is 8.27. The second kappa shape index (κ2) is 8.39. The van der Waals surface area contributed by atoms with Crippen LogP contribution in [0.25, 0.3) is 0 Å². The number of aryl methyl sites for hydroxylation is 1. The number of aliphatic hydroxyl groups is 4. The maximum absolute atomic E-state index is 12.1. The van der Waals surface area contributed by atoms with Crippen LogP contribution in [0.15, 0.2) is 29.2 Å². The highest BCUT2D eigenvalue weighted by Crippen LogP contribution is 2.29. The summed E-state index contributed by atoms with van der Waals surface area (Å²) < 4.78 is 33.9. The third-order valence-electron chi connectivity index (χ3n) is 4.41. The van der Waals surface area contributed by atoms with Crippen molar-refractivity contribution in [2.75, 3.05) is 6.61 Å². The zero-order chi connectivity index (χ0) is 21.3. The Morgan fingerprint density at radius 1 is 1.36 bits per heavy atom. The molecule has 0 bridgehead atoms. The molecule has 1 saturated heterocycles. The summed E-state index contributed by atoms with van der Waals surface area (Å²) in [5.74, 6) is -4.64. The van der Waals surface area contributed by atoms with Crippen LogP contribution in [0.4, 0.5) is 0 Å². The SMILES string of the molecule is Cc1ccc(S(=O)(=O)OC[C@@H](O)[C@@H](O)C2OC(O)(C(=O)O)C[C@@H](O)[C@H]2N)cc1. The Morgan fingerprint density at radius 2 is 1.93 bits per heavy atom. The molecule has 158 valence electrons. The van der Waals surface area contributed by atoms with Crippen LogP contribution in [0, 0.1) is 6.92 Å². The second-order valence-corrected chi connectivity index (χ2v) is 8.25. The van der Waals surface area contributed by atoms with E-state index < -0.39 is 65.4 Å². The average molecular weight is 421 g/mol. The van der Waals surface area contributed by atoms with E-state index in [0.29, 0.717) is 0 Å². The third kappa shape index (κ3) is 4.85. The molecule has 0 saturated carbocycles. The molecule has 0 aromatic heterocycles. The molecule has 1 aliphatic rings. The number of nitrogens with two attached hydrogens (primary N) is 1. The predicted molar refractivity (Wildman–Crippen MR) is 92.4 cm³/mol. The summed E-state index contributed by atoms with van der Waals surface area (Å²) in [6.45, 7) is 0.864. The molecule has 2 unspecified atom stereocenters. The zero-order valence-electron chi connectivity index (χ0n) is 14.9. The zero-order valence-corrected chi connectivity index (χ0v) is 15.7. The van der Waals surface area contributed by atoms with Gasteiger partial charge in [-0.05, 0) is 19.1 Å². The number of hydrogen-bond donors (Lipinski definition) is 6. The number of ether oxygens (including phenoxy) is 1. The van der Waals surface area contributed by atoms with Gasteiger partial charge in [0.15, 0.2) is 0 Å². The van der Waals surface area contributed by atoms with Crippen LogP contribution < -0.4 is 5.73 Å². The molecular weight excluding hydrogens is 398 g/mol. The molecule has 1 aliphatic heterocycles. The summed E-state index contributed by atoms with van der Waals surface area (Å²) >= 11 is 0. The van der Waals surface area contributed by atoms with Gasteiger partial charge in [0.1, 0.15) is 18.3 Å². The summed E-state index contributed by atoms with van der Waals surface area (Å²) in [6, 6.07) is 4.35. The van der Waals surface area contributed by atoms with E-state index in [1.54, 1.807) is 19.1 Å². The fraction of sp³-hybridized carbons (Fsp3) is 0.562. The number of aliphatic hydroxyl groups excluding tert-OH is 3. The standard InChI is InChI=1S/C16H23NO10S/c1-8-2-4-9(5-3-8)28(24,25)26-7-11(19)13(20)14-12(17)10(18)6-16(23,27-14)15(21)22/h2-5,10-14,18-20,23H,6-7,17H2,1H3,(H,21,22)/t10-,11-,12-,13-,14?,16?/m1/s1. The summed E-state index contributed by atoms with van der Waals surface area (Å²) in [5, 5.41) is 49.0. The van der Waals surface area contributed by atoms with E-state index >= 15 is 0 Å². The van der Waals surface area contributed by atoms with Crippen molar-refractivity contribution in [1.29, 1.82) is 0 Å². The van der Waals surface area contributed by atoms with Crippen molar-refractivity contribution < 1.29 is 47.7 Å². The highest BCUT2D eigenvalue weighted by molar-refractivity contribution is 7.86. The van der Waals surface area contributed by atoms with Gasteiger partial charge in [-0.2, -0.15) is 8.42 Å². The molecular formula is C16H23NO10S. The van der Waals surface area contributed by atoms with Gasteiger partial charge < -0.3 is 36.0 Å². The molecule has 12 heteroatoms. The molecule has 0 amide bonds. The van der Waals surface area contributed by atoms with E-state index in [-0.39, 0.29) is 4.90 Å². The van der Waals surface area contributed by atoms with E-state index in [4.69, 9.17) is 19.8 Å². The number of carbonyl (C=O) groups is 1. The Morgan fingerprint density at radius 3 is 2.46 bits per heavy atom. The fourth-order valence-electron chi connectivity index (χ4n) is 2.68. The van der Waals surface area contributed by atoms with E-state index in [9.17, 15) is 33.6 Å². The normalized spacial score (nSPS) is 30.6.